The Kier molecular flexibility index (Phi) is 3.76. The molecule has 0 N–H and O–H groups in total. The number of para-hydroxylation sites is 1. The molecular formula is C17H17ClN4O2. The summed E-state index contributed by atoms with van der Waals surface area (Å²) in [7, 11) is 1.88. The number of hydrogen-bond donors (Lipinski definition) is 0. The van der Waals surface area contributed by atoms with Crippen molar-refractivity contribution in [3.8, 4) is 0 Å². The summed E-state index contributed by atoms with van der Waals surface area (Å²) in [5.74, 6) is 1.03. The molecule has 3 aromatic rings. The van der Waals surface area contributed by atoms with Crippen molar-refractivity contribution >= 4 is 28.4 Å². The Morgan fingerprint density at radius 2 is 2.12 bits per heavy atom. The molecule has 0 atom stereocenters. The first-order valence-electron chi connectivity index (χ1n) is 7.94. The van der Waals surface area contributed by atoms with Gasteiger partial charge in [0.05, 0.1) is 10.5 Å². The molecule has 0 spiro atoms. The van der Waals surface area contributed by atoms with Gasteiger partial charge >= 0.3 is 0 Å². The van der Waals surface area contributed by atoms with Crippen molar-refractivity contribution in [1.29, 1.82) is 0 Å². The van der Waals surface area contributed by atoms with Gasteiger partial charge < -0.3 is 14.0 Å². The third-order valence-electron chi connectivity index (χ3n) is 4.75. The number of aryl methyl sites for hydroxylation is 1. The molecule has 1 aromatic carbocycles. The molecule has 124 valence electrons. The zero-order valence-corrected chi connectivity index (χ0v) is 14.0. The molecule has 7 heteroatoms. The maximum atomic E-state index is 12.9. The van der Waals surface area contributed by atoms with E-state index in [4.69, 9.17) is 16.1 Å². The van der Waals surface area contributed by atoms with E-state index in [9.17, 15) is 4.79 Å². The number of carbonyl (C=O) groups is 1. The fourth-order valence-electron chi connectivity index (χ4n) is 3.43. The number of aromatic nitrogens is 3. The molecule has 0 radical (unpaired) electrons. The van der Waals surface area contributed by atoms with Gasteiger partial charge in [-0.25, -0.2) is 0 Å². The summed E-state index contributed by atoms with van der Waals surface area (Å²) in [4.78, 5) is 18.9. The molecule has 24 heavy (non-hydrogen) atoms. The molecule has 2 aromatic heterocycles. The zero-order valence-electron chi connectivity index (χ0n) is 13.3. The minimum absolute atomic E-state index is 0.0383. The summed E-state index contributed by atoms with van der Waals surface area (Å²) >= 11 is 6.27. The number of nitrogens with zero attached hydrogens (tertiary/aromatic N) is 4. The smallest absolute Gasteiger partial charge is 0.270 e. The van der Waals surface area contributed by atoms with Gasteiger partial charge in [0.2, 0.25) is 6.39 Å². The number of carbonyl (C=O) groups excluding carboxylic acids is 1. The van der Waals surface area contributed by atoms with Gasteiger partial charge in [0.1, 0.15) is 5.69 Å². The van der Waals surface area contributed by atoms with Crippen molar-refractivity contribution in [1.82, 2.24) is 19.6 Å². The van der Waals surface area contributed by atoms with E-state index in [-0.39, 0.29) is 11.8 Å². The second-order valence-electron chi connectivity index (χ2n) is 6.12. The molecule has 1 aliphatic rings. The summed E-state index contributed by atoms with van der Waals surface area (Å²) in [6.07, 6.45) is 3.04. The molecule has 0 saturated carbocycles. The van der Waals surface area contributed by atoms with Crippen LogP contribution < -0.4 is 0 Å². The summed E-state index contributed by atoms with van der Waals surface area (Å²) in [5.41, 5.74) is 1.56. The molecule has 0 aliphatic carbocycles. The van der Waals surface area contributed by atoms with Crippen molar-refractivity contribution in [2.75, 3.05) is 13.1 Å². The molecule has 1 amide bonds. The van der Waals surface area contributed by atoms with E-state index < -0.39 is 0 Å². The van der Waals surface area contributed by atoms with Gasteiger partial charge in [-0.2, -0.15) is 4.98 Å². The molecule has 0 bridgehead atoms. The highest BCUT2D eigenvalue weighted by Gasteiger charge is 2.28. The third-order valence-corrected chi connectivity index (χ3v) is 5.06. The highest BCUT2D eigenvalue weighted by molar-refractivity contribution is 6.35. The molecule has 1 saturated heterocycles. The van der Waals surface area contributed by atoms with Gasteiger partial charge in [-0.05, 0) is 25.0 Å². The van der Waals surface area contributed by atoms with Crippen LogP contribution in [0.4, 0.5) is 0 Å². The highest BCUT2D eigenvalue weighted by Crippen LogP contribution is 2.29. The van der Waals surface area contributed by atoms with Crippen LogP contribution in [0.25, 0.3) is 10.9 Å². The lowest BCUT2D eigenvalue weighted by atomic mass is 9.96. The van der Waals surface area contributed by atoms with Gasteiger partial charge in [0, 0.05) is 31.4 Å². The van der Waals surface area contributed by atoms with E-state index in [1.807, 2.05) is 40.8 Å². The molecule has 1 fully saturated rings. The minimum atomic E-state index is 0.0383. The number of piperidine rings is 1. The lowest BCUT2D eigenvalue weighted by Crippen LogP contribution is -2.38. The molecule has 1 aliphatic heterocycles. The quantitative estimate of drug-likeness (QED) is 0.716. The Bertz CT molecular complexity index is 880. The first-order chi connectivity index (χ1) is 11.6. The maximum Gasteiger partial charge on any atom is 0.270 e. The standard InChI is InChI=1S/C17H17ClN4O2/c1-21-14(9-12-3-2-4-13(18)15(12)21)17(23)22-7-5-11(6-8-22)16-19-10-24-20-16/h2-4,9-11H,5-8H2,1H3. The Morgan fingerprint density at radius 3 is 2.79 bits per heavy atom. The molecule has 6 nitrogen and oxygen atoms in total. The van der Waals surface area contributed by atoms with Crippen LogP contribution in [0.15, 0.2) is 35.2 Å². The van der Waals surface area contributed by atoms with Crippen molar-refractivity contribution < 1.29 is 9.32 Å². The van der Waals surface area contributed by atoms with Crippen LogP contribution in [0.2, 0.25) is 5.02 Å². The fraction of sp³-hybridized carbons (Fsp3) is 0.353. The normalized spacial score (nSPS) is 16.0. The fourth-order valence-corrected chi connectivity index (χ4v) is 3.74. The van der Waals surface area contributed by atoms with Crippen LogP contribution in [0.1, 0.15) is 35.1 Å². The first kappa shape index (κ1) is 15.2. The van der Waals surface area contributed by atoms with Crippen LogP contribution in [0, 0.1) is 0 Å². The van der Waals surface area contributed by atoms with E-state index in [0.717, 1.165) is 29.6 Å². The number of amides is 1. The van der Waals surface area contributed by atoms with Gasteiger partial charge in [0.15, 0.2) is 5.82 Å². The van der Waals surface area contributed by atoms with Crippen LogP contribution >= 0.6 is 11.6 Å². The molecular weight excluding hydrogens is 328 g/mol. The summed E-state index contributed by atoms with van der Waals surface area (Å²) in [6, 6.07) is 7.62. The largest absolute Gasteiger partial charge is 0.343 e. The second kappa shape index (κ2) is 5.94. The van der Waals surface area contributed by atoms with Crippen molar-refractivity contribution in [3.63, 3.8) is 0 Å². The monoisotopic (exact) mass is 344 g/mol. The number of benzene rings is 1. The van der Waals surface area contributed by atoms with E-state index in [0.29, 0.717) is 23.8 Å². The Morgan fingerprint density at radius 1 is 1.33 bits per heavy atom. The van der Waals surface area contributed by atoms with E-state index in [1.165, 1.54) is 6.39 Å². The lowest BCUT2D eigenvalue weighted by Gasteiger charge is -2.30. The van der Waals surface area contributed by atoms with Crippen LogP contribution in [0.3, 0.4) is 0 Å². The van der Waals surface area contributed by atoms with Gasteiger partial charge in [-0.3, -0.25) is 4.79 Å². The van der Waals surface area contributed by atoms with Crippen molar-refractivity contribution in [2.24, 2.45) is 7.05 Å². The number of likely N-dealkylation sites (tertiary alicyclic amines) is 1. The minimum Gasteiger partial charge on any atom is -0.343 e. The third kappa shape index (κ3) is 2.47. The first-order valence-corrected chi connectivity index (χ1v) is 8.32. The lowest BCUT2D eigenvalue weighted by molar-refractivity contribution is 0.0701. The molecule has 3 heterocycles. The maximum absolute atomic E-state index is 12.9. The Labute approximate surface area is 144 Å². The average molecular weight is 345 g/mol. The van der Waals surface area contributed by atoms with Crippen LogP contribution in [-0.2, 0) is 7.05 Å². The van der Waals surface area contributed by atoms with Crippen LogP contribution in [-0.4, -0.2) is 38.6 Å². The molecule has 0 unspecified atom stereocenters. The van der Waals surface area contributed by atoms with E-state index in [2.05, 4.69) is 10.1 Å². The topological polar surface area (TPSA) is 64.2 Å². The van der Waals surface area contributed by atoms with Crippen LogP contribution in [0.5, 0.6) is 0 Å². The number of hydrogen-bond acceptors (Lipinski definition) is 4. The predicted molar refractivity (Wildman–Crippen MR) is 90.1 cm³/mol. The second-order valence-corrected chi connectivity index (χ2v) is 6.53. The zero-order chi connectivity index (χ0) is 16.7. The van der Waals surface area contributed by atoms with E-state index in [1.54, 1.807) is 0 Å². The highest BCUT2D eigenvalue weighted by atomic mass is 35.5. The Balaban J connectivity index is 1.55. The Hall–Kier alpha value is -2.34. The summed E-state index contributed by atoms with van der Waals surface area (Å²) in [5, 5.41) is 5.55. The van der Waals surface area contributed by atoms with Gasteiger partial charge in [-0.15, -0.1) is 0 Å². The number of halogens is 1. The van der Waals surface area contributed by atoms with Crippen molar-refractivity contribution in [3.05, 3.63) is 47.2 Å². The SMILES string of the molecule is Cn1c(C(=O)N2CCC(c3ncon3)CC2)cc2cccc(Cl)c21. The summed E-state index contributed by atoms with van der Waals surface area (Å²) in [6.45, 7) is 1.38. The van der Waals surface area contributed by atoms with Crippen molar-refractivity contribution in [2.45, 2.75) is 18.8 Å². The number of rotatable bonds is 2. The summed E-state index contributed by atoms with van der Waals surface area (Å²) < 4.78 is 6.69. The number of fused-ring (bicyclic) bond motifs is 1. The predicted octanol–water partition coefficient (Wildman–Crippen LogP) is 3.23. The average Bonchev–Trinajstić information content (AvgIpc) is 3.23. The van der Waals surface area contributed by atoms with Gasteiger partial charge in [-0.1, -0.05) is 28.9 Å². The molecule has 4 rings (SSSR count). The van der Waals surface area contributed by atoms with Gasteiger partial charge in [0.25, 0.3) is 5.91 Å². The van der Waals surface area contributed by atoms with E-state index >= 15 is 0 Å².